The van der Waals surface area contributed by atoms with Gasteiger partial charge < -0.3 is 15.1 Å². The summed E-state index contributed by atoms with van der Waals surface area (Å²) >= 11 is 0. The lowest BCUT2D eigenvalue weighted by Crippen LogP contribution is -2.24. The molecule has 0 saturated heterocycles. The third-order valence-corrected chi connectivity index (χ3v) is 3.31. The first-order chi connectivity index (χ1) is 11.7. The minimum absolute atomic E-state index is 0.0890. The maximum absolute atomic E-state index is 13.5. The van der Waals surface area contributed by atoms with Crippen LogP contribution in [0.15, 0.2) is 59.5 Å². The number of carbonyl (C=O) groups is 1. The Balaban J connectivity index is 1.54. The Morgan fingerprint density at radius 2 is 1.96 bits per heavy atom. The highest BCUT2D eigenvalue weighted by atomic mass is 19.1. The normalized spacial score (nSPS) is 10.4. The minimum Gasteiger partial charge on any atom is -0.467 e. The predicted octanol–water partition coefficient (Wildman–Crippen LogP) is 2.75. The molecular weight excluding hydrogens is 311 g/mol. The van der Waals surface area contributed by atoms with Gasteiger partial charge in [-0.3, -0.25) is 4.79 Å². The molecule has 122 valence electrons. The van der Waals surface area contributed by atoms with Crippen molar-refractivity contribution in [3.05, 3.63) is 77.9 Å². The first-order valence-electron chi connectivity index (χ1n) is 7.32. The van der Waals surface area contributed by atoms with Crippen LogP contribution in [0, 0.1) is 5.82 Å². The molecule has 0 aliphatic carbocycles. The fraction of sp³-hybridized carbons (Fsp3) is 0.118. The maximum Gasteiger partial charge on any atom is 0.271 e. The average Bonchev–Trinajstić information content (AvgIpc) is 3.13. The summed E-state index contributed by atoms with van der Waals surface area (Å²) in [5.74, 6) is 0.519. The van der Waals surface area contributed by atoms with Crippen LogP contribution in [0.3, 0.4) is 0 Å². The van der Waals surface area contributed by atoms with Crippen molar-refractivity contribution in [3.63, 3.8) is 0 Å². The van der Waals surface area contributed by atoms with Gasteiger partial charge in [0.1, 0.15) is 23.1 Å². The van der Waals surface area contributed by atoms with Crippen molar-refractivity contribution in [2.75, 3.05) is 5.32 Å². The largest absolute Gasteiger partial charge is 0.467 e. The number of amides is 1. The molecule has 6 nitrogen and oxygen atoms in total. The number of carbonyl (C=O) groups excluding carboxylic acids is 1. The zero-order valence-electron chi connectivity index (χ0n) is 12.7. The third-order valence-electron chi connectivity index (χ3n) is 3.31. The number of hydrogen-bond acceptors (Lipinski definition) is 5. The van der Waals surface area contributed by atoms with E-state index >= 15 is 0 Å². The Bertz CT molecular complexity index is 804. The molecule has 24 heavy (non-hydrogen) atoms. The quantitative estimate of drug-likeness (QED) is 0.728. The first-order valence-corrected chi connectivity index (χ1v) is 7.32. The highest BCUT2D eigenvalue weighted by Gasteiger charge is 2.09. The Labute approximate surface area is 137 Å². The van der Waals surface area contributed by atoms with E-state index < -0.39 is 5.91 Å². The van der Waals surface area contributed by atoms with Gasteiger partial charge in [0.2, 0.25) is 0 Å². The van der Waals surface area contributed by atoms with Gasteiger partial charge in [-0.1, -0.05) is 18.2 Å². The summed E-state index contributed by atoms with van der Waals surface area (Å²) < 4.78 is 18.7. The molecule has 0 saturated carbocycles. The number of nitrogens with zero attached hydrogens (tertiary/aromatic N) is 2. The summed E-state index contributed by atoms with van der Waals surface area (Å²) in [7, 11) is 0. The molecule has 0 radical (unpaired) electrons. The number of hydrogen-bond donors (Lipinski definition) is 2. The Morgan fingerprint density at radius 1 is 1.08 bits per heavy atom. The molecule has 7 heteroatoms. The highest BCUT2D eigenvalue weighted by molar-refractivity contribution is 5.91. The number of nitrogens with one attached hydrogen (secondary N) is 2. The van der Waals surface area contributed by atoms with Crippen molar-refractivity contribution >= 4 is 11.7 Å². The summed E-state index contributed by atoms with van der Waals surface area (Å²) in [6.45, 7) is 0.562. The van der Waals surface area contributed by atoms with Crippen LogP contribution < -0.4 is 10.6 Å². The van der Waals surface area contributed by atoms with Gasteiger partial charge in [-0.25, -0.2) is 14.4 Å². The molecule has 3 aromatic rings. The van der Waals surface area contributed by atoms with E-state index in [1.54, 1.807) is 30.5 Å². The number of aromatic nitrogens is 2. The molecule has 1 amide bonds. The molecule has 2 heterocycles. The van der Waals surface area contributed by atoms with E-state index in [0.29, 0.717) is 17.9 Å². The zero-order valence-corrected chi connectivity index (χ0v) is 12.7. The lowest BCUT2D eigenvalue weighted by atomic mass is 10.2. The number of anilines is 1. The lowest BCUT2D eigenvalue weighted by Gasteiger charge is -2.07. The van der Waals surface area contributed by atoms with E-state index in [1.807, 2.05) is 6.07 Å². The van der Waals surface area contributed by atoms with Crippen LogP contribution in [0.4, 0.5) is 10.2 Å². The van der Waals surface area contributed by atoms with Gasteiger partial charge in [0.15, 0.2) is 0 Å². The summed E-state index contributed by atoms with van der Waals surface area (Å²) in [4.78, 5) is 20.2. The maximum atomic E-state index is 13.5. The monoisotopic (exact) mass is 326 g/mol. The van der Waals surface area contributed by atoms with Crippen molar-refractivity contribution in [1.82, 2.24) is 15.3 Å². The number of benzene rings is 1. The van der Waals surface area contributed by atoms with Gasteiger partial charge in [0.25, 0.3) is 5.91 Å². The van der Waals surface area contributed by atoms with Crippen LogP contribution in [0.25, 0.3) is 0 Å². The van der Waals surface area contributed by atoms with E-state index in [4.69, 9.17) is 4.42 Å². The Kier molecular flexibility index (Phi) is 4.81. The zero-order chi connectivity index (χ0) is 16.8. The molecule has 3 rings (SSSR count). The molecule has 0 spiro atoms. The van der Waals surface area contributed by atoms with Crippen molar-refractivity contribution in [1.29, 1.82) is 0 Å². The van der Waals surface area contributed by atoms with Gasteiger partial charge in [0, 0.05) is 12.1 Å². The molecule has 2 N–H and O–H groups in total. The molecular formula is C17H15FN4O2. The summed E-state index contributed by atoms with van der Waals surface area (Å²) in [6, 6.07) is 9.91. The molecule has 0 fully saturated rings. The molecule has 0 bridgehead atoms. The Hall–Kier alpha value is -3.22. The molecule has 0 unspecified atom stereocenters. The highest BCUT2D eigenvalue weighted by Crippen LogP contribution is 2.08. The first kappa shape index (κ1) is 15.7. The van der Waals surface area contributed by atoms with Crippen LogP contribution in [-0.4, -0.2) is 15.9 Å². The smallest absolute Gasteiger partial charge is 0.271 e. The van der Waals surface area contributed by atoms with Crippen molar-refractivity contribution < 1.29 is 13.6 Å². The van der Waals surface area contributed by atoms with Crippen molar-refractivity contribution in [2.45, 2.75) is 13.1 Å². The van der Waals surface area contributed by atoms with E-state index in [9.17, 15) is 9.18 Å². The minimum atomic E-state index is -0.414. The predicted molar refractivity (Wildman–Crippen MR) is 85.6 cm³/mol. The molecule has 0 aliphatic rings. The van der Waals surface area contributed by atoms with Crippen molar-refractivity contribution in [3.8, 4) is 0 Å². The van der Waals surface area contributed by atoms with E-state index in [2.05, 4.69) is 20.6 Å². The van der Waals surface area contributed by atoms with Gasteiger partial charge in [-0.2, -0.15) is 0 Å². The van der Waals surface area contributed by atoms with Crippen LogP contribution in [-0.2, 0) is 13.1 Å². The van der Waals surface area contributed by atoms with Gasteiger partial charge in [0.05, 0.1) is 25.2 Å². The van der Waals surface area contributed by atoms with E-state index in [1.165, 1.54) is 18.5 Å². The fourth-order valence-corrected chi connectivity index (χ4v) is 2.04. The lowest BCUT2D eigenvalue weighted by molar-refractivity contribution is 0.0945. The van der Waals surface area contributed by atoms with Crippen LogP contribution in [0.1, 0.15) is 21.8 Å². The summed E-state index contributed by atoms with van der Waals surface area (Å²) in [5, 5.41) is 5.64. The standard InChI is InChI=1S/C17H15FN4O2/c18-14-6-2-1-4-12(14)8-22-17(23)15-10-21-16(11-19-15)20-9-13-5-3-7-24-13/h1-7,10-11H,8-9H2,(H,20,21)(H,22,23). The number of rotatable bonds is 6. The van der Waals surface area contributed by atoms with Crippen LogP contribution >= 0.6 is 0 Å². The number of halogens is 1. The average molecular weight is 326 g/mol. The summed E-state index contributed by atoms with van der Waals surface area (Å²) in [6.07, 6.45) is 4.41. The topological polar surface area (TPSA) is 80.0 Å². The second-order valence-electron chi connectivity index (χ2n) is 4.99. The molecule has 0 atom stereocenters. The molecule has 0 aliphatic heterocycles. The summed E-state index contributed by atoms with van der Waals surface area (Å²) in [5.41, 5.74) is 0.574. The molecule has 1 aromatic carbocycles. The Morgan fingerprint density at radius 3 is 2.67 bits per heavy atom. The van der Waals surface area contributed by atoms with Crippen molar-refractivity contribution in [2.24, 2.45) is 0 Å². The number of furan rings is 1. The van der Waals surface area contributed by atoms with E-state index in [0.717, 1.165) is 5.76 Å². The van der Waals surface area contributed by atoms with E-state index in [-0.39, 0.29) is 18.1 Å². The van der Waals surface area contributed by atoms with Crippen LogP contribution in [0.5, 0.6) is 0 Å². The third kappa shape index (κ3) is 3.95. The second kappa shape index (κ2) is 7.36. The molecule has 2 aromatic heterocycles. The van der Waals surface area contributed by atoms with Crippen LogP contribution in [0.2, 0.25) is 0 Å². The fourth-order valence-electron chi connectivity index (χ4n) is 2.04. The second-order valence-corrected chi connectivity index (χ2v) is 4.99. The van der Waals surface area contributed by atoms with Gasteiger partial charge >= 0.3 is 0 Å². The van der Waals surface area contributed by atoms with Gasteiger partial charge in [-0.15, -0.1) is 0 Å². The SMILES string of the molecule is O=C(NCc1ccccc1F)c1cnc(NCc2ccco2)cn1. The van der Waals surface area contributed by atoms with Gasteiger partial charge in [-0.05, 0) is 18.2 Å².